The molecule has 0 amide bonds. The Hall–Kier alpha value is -2.88. The van der Waals surface area contributed by atoms with Crippen molar-refractivity contribution in [2.24, 2.45) is 0 Å². The topological polar surface area (TPSA) is 87.6 Å². The Balaban J connectivity index is 1.75. The molecule has 3 aromatic heterocycles. The number of pyridine rings is 1. The highest BCUT2D eigenvalue weighted by molar-refractivity contribution is 14.1. The lowest BCUT2D eigenvalue weighted by Crippen LogP contribution is -2.00. The maximum Gasteiger partial charge on any atom is 0.229 e. The largest absolute Gasteiger partial charge is 0.480 e. The third-order valence-electron chi connectivity index (χ3n) is 4.08. The van der Waals surface area contributed by atoms with E-state index in [0.29, 0.717) is 28.8 Å². The summed E-state index contributed by atoms with van der Waals surface area (Å²) in [6, 6.07) is 13.4. The standard InChI is InChI=1S/C19H16IN5O2/c1-11-4-3-5-14(24-11)27-13-8-6-12(7-9-13)15-16(20)19(26-2)25-17(15)18(21)22-10-23-25/h3-10H,1-2H3,(H2,21,22,23). The summed E-state index contributed by atoms with van der Waals surface area (Å²) in [6.07, 6.45) is 1.41. The van der Waals surface area contributed by atoms with Crippen molar-refractivity contribution in [3.8, 4) is 28.6 Å². The Morgan fingerprint density at radius 3 is 2.59 bits per heavy atom. The van der Waals surface area contributed by atoms with Gasteiger partial charge in [0.2, 0.25) is 11.8 Å². The number of benzene rings is 1. The average molecular weight is 473 g/mol. The van der Waals surface area contributed by atoms with Gasteiger partial charge in [-0.25, -0.2) is 9.97 Å². The molecule has 0 atom stereocenters. The molecule has 4 rings (SSSR count). The minimum absolute atomic E-state index is 0.394. The zero-order valence-corrected chi connectivity index (χ0v) is 16.8. The van der Waals surface area contributed by atoms with E-state index in [0.717, 1.165) is 20.4 Å². The third-order valence-corrected chi connectivity index (χ3v) is 5.08. The normalized spacial score (nSPS) is 10.9. The van der Waals surface area contributed by atoms with Crippen LogP contribution in [-0.4, -0.2) is 26.7 Å². The van der Waals surface area contributed by atoms with Crippen molar-refractivity contribution in [1.82, 2.24) is 19.6 Å². The fraction of sp³-hybridized carbons (Fsp3) is 0.105. The first-order valence-corrected chi connectivity index (χ1v) is 9.23. The van der Waals surface area contributed by atoms with Crippen LogP contribution in [0.1, 0.15) is 5.69 Å². The van der Waals surface area contributed by atoms with E-state index in [1.807, 2.05) is 49.4 Å². The predicted octanol–water partition coefficient (Wildman–Crippen LogP) is 4.09. The summed E-state index contributed by atoms with van der Waals surface area (Å²) >= 11 is 2.23. The first-order valence-electron chi connectivity index (χ1n) is 8.15. The molecule has 3 heterocycles. The van der Waals surface area contributed by atoms with Crippen molar-refractivity contribution in [2.75, 3.05) is 12.8 Å². The molecule has 136 valence electrons. The zero-order valence-electron chi connectivity index (χ0n) is 14.7. The Kier molecular flexibility index (Phi) is 4.56. The number of halogens is 1. The highest BCUT2D eigenvalue weighted by Crippen LogP contribution is 2.40. The molecule has 0 saturated carbocycles. The zero-order chi connectivity index (χ0) is 19.0. The Morgan fingerprint density at radius 1 is 1.11 bits per heavy atom. The summed E-state index contributed by atoms with van der Waals surface area (Å²) in [4.78, 5) is 8.47. The fourth-order valence-corrected chi connectivity index (χ4v) is 3.90. The SMILES string of the molecule is COc1c(I)c(-c2ccc(Oc3cccc(C)n3)cc2)c2c(N)ncnn12. The van der Waals surface area contributed by atoms with Gasteiger partial charge in [-0.2, -0.15) is 9.61 Å². The lowest BCUT2D eigenvalue weighted by Gasteiger charge is -2.07. The summed E-state index contributed by atoms with van der Waals surface area (Å²) in [5.74, 6) is 2.28. The van der Waals surface area contributed by atoms with Gasteiger partial charge in [-0.05, 0) is 53.3 Å². The number of hydrogen-bond donors (Lipinski definition) is 1. The van der Waals surface area contributed by atoms with Crippen LogP contribution in [-0.2, 0) is 0 Å². The maximum atomic E-state index is 6.11. The van der Waals surface area contributed by atoms with E-state index in [1.54, 1.807) is 11.6 Å². The number of anilines is 1. The number of fused-ring (bicyclic) bond motifs is 1. The van der Waals surface area contributed by atoms with Gasteiger partial charge in [0.15, 0.2) is 5.82 Å². The van der Waals surface area contributed by atoms with E-state index in [-0.39, 0.29) is 0 Å². The third kappa shape index (κ3) is 3.16. The lowest BCUT2D eigenvalue weighted by atomic mass is 10.1. The number of nitrogen functional groups attached to an aromatic ring is 1. The van der Waals surface area contributed by atoms with Crippen LogP contribution in [0, 0.1) is 10.5 Å². The second-order valence-electron chi connectivity index (χ2n) is 5.85. The van der Waals surface area contributed by atoms with Gasteiger partial charge < -0.3 is 15.2 Å². The molecule has 4 aromatic rings. The number of hydrogen-bond acceptors (Lipinski definition) is 6. The molecular formula is C19H16IN5O2. The molecule has 0 radical (unpaired) electrons. The average Bonchev–Trinajstić information content (AvgIpc) is 2.95. The molecule has 8 heteroatoms. The Morgan fingerprint density at radius 2 is 1.89 bits per heavy atom. The minimum atomic E-state index is 0.394. The molecule has 0 bridgehead atoms. The van der Waals surface area contributed by atoms with Crippen LogP contribution in [0.25, 0.3) is 16.6 Å². The van der Waals surface area contributed by atoms with Crippen molar-refractivity contribution >= 4 is 33.9 Å². The van der Waals surface area contributed by atoms with Crippen molar-refractivity contribution in [3.05, 3.63) is 58.1 Å². The molecule has 1 aromatic carbocycles. The van der Waals surface area contributed by atoms with Crippen LogP contribution >= 0.6 is 22.6 Å². The van der Waals surface area contributed by atoms with Gasteiger partial charge in [0.05, 0.1) is 10.7 Å². The molecule has 7 nitrogen and oxygen atoms in total. The van der Waals surface area contributed by atoms with E-state index < -0.39 is 0 Å². The van der Waals surface area contributed by atoms with Crippen LogP contribution in [0.5, 0.6) is 17.5 Å². The summed E-state index contributed by atoms with van der Waals surface area (Å²) in [5, 5.41) is 4.26. The predicted molar refractivity (Wildman–Crippen MR) is 111 cm³/mol. The van der Waals surface area contributed by atoms with Crippen molar-refractivity contribution in [2.45, 2.75) is 6.92 Å². The molecular weight excluding hydrogens is 457 g/mol. The number of nitrogens with zero attached hydrogens (tertiary/aromatic N) is 4. The van der Waals surface area contributed by atoms with E-state index in [2.05, 4.69) is 37.7 Å². The molecule has 0 fully saturated rings. The molecule has 0 aliphatic rings. The molecule has 0 unspecified atom stereocenters. The first-order chi connectivity index (χ1) is 13.1. The number of aromatic nitrogens is 4. The van der Waals surface area contributed by atoms with Gasteiger partial charge in [-0.1, -0.05) is 18.2 Å². The van der Waals surface area contributed by atoms with Crippen LogP contribution in [0.4, 0.5) is 5.82 Å². The molecule has 0 aliphatic heterocycles. The van der Waals surface area contributed by atoms with E-state index in [1.165, 1.54) is 6.33 Å². The van der Waals surface area contributed by atoms with E-state index in [9.17, 15) is 0 Å². The summed E-state index contributed by atoms with van der Waals surface area (Å²) in [6.45, 7) is 1.93. The maximum absolute atomic E-state index is 6.11. The highest BCUT2D eigenvalue weighted by atomic mass is 127. The molecule has 2 N–H and O–H groups in total. The number of methoxy groups -OCH3 is 1. The monoisotopic (exact) mass is 473 g/mol. The second kappa shape index (κ2) is 7.03. The summed E-state index contributed by atoms with van der Waals surface area (Å²) in [5.41, 5.74) is 9.62. The quantitative estimate of drug-likeness (QED) is 0.450. The van der Waals surface area contributed by atoms with Gasteiger partial charge in [0.1, 0.15) is 17.6 Å². The van der Waals surface area contributed by atoms with Crippen molar-refractivity contribution in [1.29, 1.82) is 0 Å². The highest BCUT2D eigenvalue weighted by Gasteiger charge is 2.21. The number of nitrogens with two attached hydrogens (primary N) is 1. The van der Waals surface area contributed by atoms with Crippen LogP contribution < -0.4 is 15.2 Å². The van der Waals surface area contributed by atoms with E-state index >= 15 is 0 Å². The van der Waals surface area contributed by atoms with Gasteiger partial charge in [0, 0.05) is 17.3 Å². The van der Waals surface area contributed by atoms with Crippen molar-refractivity contribution in [3.63, 3.8) is 0 Å². The number of ether oxygens (including phenoxy) is 2. The van der Waals surface area contributed by atoms with Crippen LogP contribution in [0.2, 0.25) is 0 Å². The molecule has 27 heavy (non-hydrogen) atoms. The fourth-order valence-electron chi connectivity index (χ4n) is 2.88. The van der Waals surface area contributed by atoms with Gasteiger partial charge >= 0.3 is 0 Å². The van der Waals surface area contributed by atoms with Gasteiger partial charge in [0.25, 0.3) is 0 Å². The van der Waals surface area contributed by atoms with Gasteiger partial charge in [-0.3, -0.25) is 0 Å². The molecule has 0 spiro atoms. The van der Waals surface area contributed by atoms with Crippen LogP contribution in [0.3, 0.4) is 0 Å². The Bertz CT molecular complexity index is 1130. The minimum Gasteiger partial charge on any atom is -0.480 e. The van der Waals surface area contributed by atoms with Crippen molar-refractivity contribution < 1.29 is 9.47 Å². The number of rotatable bonds is 4. The summed E-state index contributed by atoms with van der Waals surface area (Å²) < 4.78 is 13.9. The summed E-state index contributed by atoms with van der Waals surface area (Å²) in [7, 11) is 1.61. The lowest BCUT2D eigenvalue weighted by molar-refractivity contribution is 0.384. The van der Waals surface area contributed by atoms with E-state index in [4.69, 9.17) is 15.2 Å². The first kappa shape index (κ1) is 17.5. The second-order valence-corrected chi connectivity index (χ2v) is 6.93. The van der Waals surface area contributed by atoms with Gasteiger partial charge in [-0.15, -0.1) is 0 Å². The molecule has 0 saturated heterocycles. The molecule has 0 aliphatic carbocycles. The van der Waals surface area contributed by atoms with Crippen LogP contribution in [0.15, 0.2) is 48.8 Å². The number of aryl methyl sites for hydroxylation is 1. The smallest absolute Gasteiger partial charge is 0.229 e. The Labute approximate surface area is 169 Å².